The SMILES string of the molecule is CCCNCc1ccc(OC2CCCCNC2=O)c(F)c1. The van der Waals surface area contributed by atoms with Crippen molar-refractivity contribution in [1.29, 1.82) is 0 Å². The summed E-state index contributed by atoms with van der Waals surface area (Å²) in [7, 11) is 0. The highest BCUT2D eigenvalue weighted by Crippen LogP contribution is 2.22. The van der Waals surface area contributed by atoms with Crippen LogP contribution in [0.5, 0.6) is 5.75 Å². The Morgan fingerprint density at radius 1 is 1.43 bits per heavy atom. The van der Waals surface area contributed by atoms with E-state index in [1.807, 2.05) is 6.07 Å². The van der Waals surface area contributed by atoms with Crippen LogP contribution >= 0.6 is 0 Å². The predicted molar refractivity (Wildman–Crippen MR) is 79.7 cm³/mol. The van der Waals surface area contributed by atoms with Crippen LogP contribution in [0.3, 0.4) is 0 Å². The van der Waals surface area contributed by atoms with Gasteiger partial charge in [0.1, 0.15) is 0 Å². The topological polar surface area (TPSA) is 50.4 Å². The van der Waals surface area contributed by atoms with Gasteiger partial charge in [-0.1, -0.05) is 13.0 Å². The molecule has 4 nitrogen and oxygen atoms in total. The number of carbonyl (C=O) groups excluding carboxylic acids is 1. The summed E-state index contributed by atoms with van der Waals surface area (Å²) in [6, 6.07) is 4.90. The number of benzene rings is 1. The molecule has 116 valence electrons. The normalized spacial score (nSPS) is 19.0. The molecular formula is C16H23FN2O2. The van der Waals surface area contributed by atoms with Crippen molar-refractivity contribution in [2.45, 2.75) is 45.3 Å². The van der Waals surface area contributed by atoms with Gasteiger partial charge in [0.2, 0.25) is 0 Å². The third-order valence-corrected chi connectivity index (χ3v) is 3.51. The average Bonchev–Trinajstić information content (AvgIpc) is 2.67. The van der Waals surface area contributed by atoms with E-state index in [0.717, 1.165) is 31.4 Å². The van der Waals surface area contributed by atoms with E-state index in [0.29, 0.717) is 19.5 Å². The van der Waals surface area contributed by atoms with Crippen molar-refractivity contribution in [3.05, 3.63) is 29.6 Å². The van der Waals surface area contributed by atoms with Crippen LogP contribution in [0.4, 0.5) is 4.39 Å². The van der Waals surface area contributed by atoms with E-state index >= 15 is 0 Å². The predicted octanol–water partition coefficient (Wildman–Crippen LogP) is 2.37. The Labute approximate surface area is 125 Å². The molecule has 1 fully saturated rings. The molecule has 1 aromatic carbocycles. The minimum Gasteiger partial charge on any atom is -0.478 e. The molecule has 2 rings (SSSR count). The number of rotatable bonds is 6. The summed E-state index contributed by atoms with van der Waals surface area (Å²) >= 11 is 0. The lowest BCUT2D eigenvalue weighted by Gasteiger charge is -2.16. The molecule has 2 N–H and O–H groups in total. The molecule has 1 amide bonds. The van der Waals surface area contributed by atoms with Crippen molar-refractivity contribution in [3.63, 3.8) is 0 Å². The van der Waals surface area contributed by atoms with Crippen molar-refractivity contribution < 1.29 is 13.9 Å². The Kier molecular flexibility index (Phi) is 5.99. The molecule has 21 heavy (non-hydrogen) atoms. The number of ether oxygens (including phenoxy) is 1. The van der Waals surface area contributed by atoms with Crippen LogP contribution in [-0.4, -0.2) is 25.1 Å². The van der Waals surface area contributed by atoms with Gasteiger partial charge in [-0.25, -0.2) is 4.39 Å². The van der Waals surface area contributed by atoms with Crippen LogP contribution in [0, 0.1) is 5.82 Å². The fourth-order valence-corrected chi connectivity index (χ4v) is 2.34. The van der Waals surface area contributed by atoms with Gasteiger partial charge in [0, 0.05) is 13.1 Å². The molecular weight excluding hydrogens is 271 g/mol. The Balaban J connectivity index is 1.98. The molecule has 1 atom stereocenters. The highest BCUT2D eigenvalue weighted by molar-refractivity contribution is 5.81. The molecule has 0 saturated carbocycles. The minimum atomic E-state index is -0.592. The zero-order valence-electron chi connectivity index (χ0n) is 12.5. The fraction of sp³-hybridized carbons (Fsp3) is 0.562. The van der Waals surface area contributed by atoms with E-state index < -0.39 is 11.9 Å². The molecule has 1 saturated heterocycles. The summed E-state index contributed by atoms with van der Waals surface area (Å²) in [6.45, 7) is 4.29. The van der Waals surface area contributed by atoms with Crippen molar-refractivity contribution in [2.24, 2.45) is 0 Å². The third kappa shape index (κ3) is 4.70. The summed E-state index contributed by atoms with van der Waals surface area (Å²) < 4.78 is 19.6. The Morgan fingerprint density at radius 2 is 2.29 bits per heavy atom. The monoisotopic (exact) mass is 294 g/mol. The molecule has 0 radical (unpaired) electrons. The second-order valence-corrected chi connectivity index (χ2v) is 5.33. The molecule has 1 aliphatic rings. The average molecular weight is 294 g/mol. The molecule has 0 aromatic heterocycles. The minimum absolute atomic E-state index is 0.149. The van der Waals surface area contributed by atoms with Gasteiger partial charge < -0.3 is 15.4 Å². The first kappa shape index (κ1) is 15.8. The standard InChI is InChI=1S/C16H23FN2O2/c1-2-8-18-11-12-6-7-14(13(17)10-12)21-15-5-3-4-9-19-16(15)20/h6-7,10,15,18H,2-5,8-9,11H2,1H3,(H,19,20). The van der Waals surface area contributed by atoms with Crippen molar-refractivity contribution in [3.8, 4) is 5.75 Å². The Bertz CT molecular complexity index is 479. The first-order valence-electron chi connectivity index (χ1n) is 7.64. The third-order valence-electron chi connectivity index (χ3n) is 3.51. The van der Waals surface area contributed by atoms with E-state index in [1.165, 1.54) is 6.07 Å². The highest BCUT2D eigenvalue weighted by Gasteiger charge is 2.23. The number of hydrogen-bond donors (Lipinski definition) is 2. The van der Waals surface area contributed by atoms with Crippen LogP contribution in [0.1, 0.15) is 38.2 Å². The van der Waals surface area contributed by atoms with Crippen molar-refractivity contribution in [2.75, 3.05) is 13.1 Å². The van der Waals surface area contributed by atoms with Gasteiger partial charge in [-0.2, -0.15) is 0 Å². The Hall–Kier alpha value is -1.62. The quantitative estimate of drug-likeness (QED) is 0.792. The van der Waals surface area contributed by atoms with E-state index in [4.69, 9.17) is 4.74 Å². The number of halogens is 1. The van der Waals surface area contributed by atoms with Crippen molar-refractivity contribution in [1.82, 2.24) is 10.6 Å². The lowest BCUT2D eigenvalue weighted by molar-refractivity contribution is -0.127. The largest absolute Gasteiger partial charge is 0.478 e. The first-order valence-corrected chi connectivity index (χ1v) is 7.64. The molecule has 0 aliphatic carbocycles. The zero-order chi connectivity index (χ0) is 15.1. The summed E-state index contributed by atoms with van der Waals surface area (Å²) in [5.74, 6) is -0.417. The van der Waals surface area contributed by atoms with Crippen LogP contribution in [-0.2, 0) is 11.3 Å². The van der Waals surface area contributed by atoms with Crippen molar-refractivity contribution >= 4 is 5.91 Å². The Morgan fingerprint density at radius 3 is 3.05 bits per heavy atom. The summed E-state index contributed by atoms with van der Waals surface area (Å²) in [4.78, 5) is 11.8. The molecule has 1 aromatic rings. The van der Waals surface area contributed by atoms with Crippen LogP contribution < -0.4 is 15.4 Å². The second kappa shape index (κ2) is 7.98. The van der Waals surface area contributed by atoms with Gasteiger partial charge in [0.15, 0.2) is 17.7 Å². The second-order valence-electron chi connectivity index (χ2n) is 5.33. The molecule has 0 bridgehead atoms. The highest BCUT2D eigenvalue weighted by atomic mass is 19.1. The lowest BCUT2D eigenvalue weighted by Crippen LogP contribution is -2.36. The van der Waals surface area contributed by atoms with E-state index in [9.17, 15) is 9.18 Å². The molecule has 1 heterocycles. The molecule has 0 spiro atoms. The zero-order valence-corrected chi connectivity index (χ0v) is 12.5. The summed E-state index contributed by atoms with van der Waals surface area (Å²) in [6.07, 6.45) is 2.93. The maximum Gasteiger partial charge on any atom is 0.261 e. The number of amides is 1. The number of carbonyl (C=O) groups is 1. The summed E-state index contributed by atoms with van der Waals surface area (Å²) in [5, 5.41) is 6.01. The van der Waals surface area contributed by atoms with Crippen LogP contribution in [0.2, 0.25) is 0 Å². The van der Waals surface area contributed by atoms with Crippen LogP contribution in [0.25, 0.3) is 0 Å². The first-order chi connectivity index (χ1) is 10.2. The number of nitrogens with one attached hydrogen (secondary N) is 2. The van der Waals surface area contributed by atoms with Gasteiger partial charge in [0.05, 0.1) is 0 Å². The van der Waals surface area contributed by atoms with Gasteiger partial charge in [-0.3, -0.25) is 4.79 Å². The van der Waals surface area contributed by atoms with Gasteiger partial charge >= 0.3 is 0 Å². The van der Waals surface area contributed by atoms with Crippen LogP contribution in [0.15, 0.2) is 18.2 Å². The lowest BCUT2D eigenvalue weighted by atomic mass is 10.1. The maximum absolute atomic E-state index is 14.1. The van der Waals surface area contributed by atoms with Gasteiger partial charge in [-0.05, 0) is 49.9 Å². The van der Waals surface area contributed by atoms with Gasteiger partial charge in [-0.15, -0.1) is 0 Å². The molecule has 1 unspecified atom stereocenters. The summed E-state index contributed by atoms with van der Waals surface area (Å²) in [5.41, 5.74) is 0.874. The molecule has 5 heteroatoms. The fourth-order valence-electron chi connectivity index (χ4n) is 2.34. The van der Waals surface area contributed by atoms with E-state index in [-0.39, 0.29) is 11.7 Å². The number of hydrogen-bond acceptors (Lipinski definition) is 3. The maximum atomic E-state index is 14.1. The molecule has 1 aliphatic heterocycles. The smallest absolute Gasteiger partial charge is 0.261 e. The van der Waals surface area contributed by atoms with E-state index in [1.54, 1.807) is 6.07 Å². The van der Waals surface area contributed by atoms with Gasteiger partial charge in [0.25, 0.3) is 5.91 Å². The van der Waals surface area contributed by atoms with E-state index in [2.05, 4.69) is 17.6 Å².